The van der Waals surface area contributed by atoms with Gasteiger partial charge in [0.2, 0.25) is 0 Å². The van der Waals surface area contributed by atoms with Crippen molar-refractivity contribution in [1.29, 1.82) is 0 Å². The molecule has 1 aromatic carbocycles. The zero-order valence-corrected chi connectivity index (χ0v) is 12.0. The van der Waals surface area contributed by atoms with Gasteiger partial charge in [-0.15, -0.1) is 0 Å². The van der Waals surface area contributed by atoms with E-state index in [2.05, 4.69) is 6.58 Å². The van der Waals surface area contributed by atoms with Crippen LogP contribution < -0.4 is 0 Å². The van der Waals surface area contributed by atoms with Crippen molar-refractivity contribution in [3.63, 3.8) is 0 Å². The lowest BCUT2D eigenvalue weighted by Crippen LogP contribution is -2.39. The van der Waals surface area contributed by atoms with Crippen LogP contribution in [0, 0.1) is 0 Å². The van der Waals surface area contributed by atoms with Gasteiger partial charge in [0.15, 0.2) is 17.9 Å². The van der Waals surface area contributed by atoms with Crippen molar-refractivity contribution in [3.05, 3.63) is 58.7 Å². The molecule has 2 unspecified atom stereocenters. The number of methoxy groups -OCH3 is 1. The van der Waals surface area contributed by atoms with Gasteiger partial charge in [-0.1, -0.05) is 36.4 Å². The highest BCUT2D eigenvalue weighted by molar-refractivity contribution is 6.27. The molecule has 0 amide bonds. The van der Waals surface area contributed by atoms with Gasteiger partial charge in [-0.3, -0.25) is 9.59 Å². The zero-order chi connectivity index (χ0) is 15.1. The molecule has 0 aromatic heterocycles. The predicted molar refractivity (Wildman–Crippen MR) is 77.2 cm³/mol. The lowest BCUT2D eigenvalue weighted by molar-refractivity contribution is -0.127. The van der Waals surface area contributed by atoms with E-state index in [1.165, 1.54) is 7.11 Å². The topological polar surface area (TPSA) is 52.6 Å². The minimum Gasteiger partial charge on any atom is -0.351 e. The first-order valence-corrected chi connectivity index (χ1v) is 6.79. The van der Waals surface area contributed by atoms with Crippen LogP contribution in [-0.4, -0.2) is 31.1 Å². The van der Waals surface area contributed by atoms with Crippen LogP contribution in [0.1, 0.15) is 34.1 Å². The molecule has 1 aromatic rings. The fraction of sp³-hybridized carbons (Fsp3) is 0.294. The molecule has 0 spiro atoms. The maximum atomic E-state index is 12.7. The van der Waals surface area contributed by atoms with Crippen LogP contribution in [0.25, 0.3) is 0 Å². The maximum Gasteiger partial charge on any atom is 0.195 e. The number of hydrogen-bond donors (Lipinski definition) is 0. The average Bonchev–Trinajstić information content (AvgIpc) is 2.51. The summed E-state index contributed by atoms with van der Waals surface area (Å²) < 4.78 is 11.0. The summed E-state index contributed by atoms with van der Waals surface area (Å²) in [6, 6.07) is 6.86. The Morgan fingerprint density at radius 3 is 2.43 bits per heavy atom. The highest BCUT2D eigenvalue weighted by Gasteiger charge is 2.41. The van der Waals surface area contributed by atoms with Crippen molar-refractivity contribution < 1.29 is 19.1 Å². The van der Waals surface area contributed by atoms with E-state index < -0.39 is 6.29 Å². The lowest BCUT2D eigenvalue weighted by Gasteiger charge is -2.34. The van der Waals surface area contributed by atoms with Gasteiger partial charge >= 0.3 is 0 Å². The second-order valence-electron chi connectivity index (χ2n) is 5.34. The summed E-state index contributed by atoms with van der Waals surface area (Å²) in [5.41, 5.74) is 2.50. The third-order valence-corrected chi connectivity index (χ3v) is 3.94. The Kier molecular flexibility index (Phi) is 3.35. The fourth-order valence-electron chi connectivity index (χ4n) is 2.81. The first-order valence-electron chi connectivity index (χ1n) is 6.79. The van der Waals surface area contributed by atoms with E-state index >= 15 is 0 Å². The largest absolute Gasteiger partial charge is 0.351 e. The molecule has 3 rings (SSSR count). The number of hydrogen-bond acceptors (Lipinski definition) is 4. The van der Waals surface area contributed by atoms with Crippen LogP contribution >= 0.6 is 0 Å². The standard InChI is InChI=1S/C17H16O4/c1-9(2)13-8-12-14(17(20-3)21-13)16(19)11-7-5-4-6-10(11)15(12)18/h4-7,13,17H,1,8H2,2-3H3. The van der Waals surface area contributed by atoms with Gasteiger partial charge in [-0.2, -0.15) is 0 Å². The maximum absolute atomic E-state index is 12.7. The molecule has 0 bridgehead atoms. The second kappa shape index (κ2) is 5.06. The van der Waals surface area contributed by atoms with Crippen molar-refractivity contribution in [1.82, 2.24) is 0 Å². The van der Waals surface area contributed by atoms with Crippen molar-refractivity contribution in [2.75, 3.05) is 7.11 Å². The molecule has 0 N–H and O–H groups in total. The minimum atomic E-state index is -0.819. The number of ketones is 2. The van der Waals surface area contributed by atoms with Crippen molar-refractivity contribution in [3.8, 4) is 0 Å². The van der Waals surface area contributed by atoms with Crippen molar-refractivity contribution >= 4 is 11.6 Å². The molecule has 21 heavy (non-hydrogen) atoms. The fourth-order valence-corrected chi connectivity index (χ4v) is 2.81. The Balaban J connectivity index is 2.15. The molecule has 2 atom stereocenters. The van der Waals surface area contributed by atoms with Gasteiger partial charge in [0.25, 0.3) is 0 Å². The normalized spacial score (nSPS) is 24.7. The number of carbonyl (C=O) groups is 2. The second-order valence-corrected chi connectivity index (χ2v) is 5.34. The van der Waals surface area contributed by atoms with Gasteiger partial charge in [0.1, 0.15) is 0 Å². The Morgan fingerprint density at radius 2 is 1.86 bits per heavy atom. The van der Waals surface area contributed by atoms with E-state index in [-0.39, 0.29) is 17.7 Å². The monoisotopic (exact) mass is 284 g/mol. The smallest absolute Gasteiger partial charge is 0.195 e. The summed E-state index contributed by atoms with van der Waals surface area (Å²) in [5, 5.41) is 0. The molecule has 0 saturated carbocycles. The molecular formula is C17H16O4. The molecule has 0 fully saturated rings. The molecule has 1 aliphatic heterocycles. The first-order chi connectivity index (χ1) is 10.0. The molecule has 4 heteroatoms. The molecule has 1 aliphatic carbocycles. The average molecular weight is 284 g/mol. The number of Topliss-reactive ketones (excluding diaryl/α,β-unsaturated/α-hetero) is 2. The molecule has 108 valence electrons. The molecule has 0 radical (unpaired) electrons. The minimum absolute atomic E-state index is 0.114. The third-order valence-electron chi connectivity index (χ3n) is 3.94. The highest BCUT2D eigenvalue weighted by atomic mass is 16.7. The Bertz CT molecular complexity index is 684. The van der Waals surface area contributed by atoms with E-state index in [0.717, 1.165) is 5.57 Å². The Morgan fingerprint density at radius 1 is 1.24 bits per heavy atom. The van der Waals surface area contributed by atoms with Crippen LogP contribution in [0.5, 0.6) is 0 Å². The summed E-state index contributed by atoms with van der Waals surface area (Å²) in [4.78, 5) is 25.3. The van der Waals surface area contributed by atoms with Gasteiger partial charge < -0.3 is 9.47 Å². The van der Waals surface area contributed by atoms with E-state index in [9.17, 15) is 9.59 Å². The Hall–Kier alpha value is -2.04. The van der Waals surface area contributed by atoms with E-state index in [4.69, 9.17) is 9.47 Å². The van der Waals surface area contributed by atoms with Gasteiger partial charge in [-0.25, -0.2) is 0 Å². The summed E-state index contributed by atoms with van der Waals surface area (Å²) in [6.07, 6.45) is -0.764. The van der Waals surface area contributed by atoms with Gasteiger partial charge in [-0.05, 0) is 6.92 Å². The molecule has 4 nitrogen and oxygen atoms in total. The summed E-state index contributed by atoms with van der Waals surface area (Å²) in [5.74, 6) is -0.302. The highest BCUT2D eigenvalue weighted by Crippen LogP contribution is 2.37. The van der Waals surface area contributed by atoms with Crippen LogP contribution in [0.15, 0.2) is 47.6 Å². The number of carbonyl (C=O) groups excluding carboxylic acids is 2. The summed E-state index contributed by atoms with van der Waals surface area (Å²) >= 11 is 0. The number of fused-ring (bicyclic) bond motifs is 1. The van der Waals surface area contributed by atoms with Crippen molar-refractivity contribution in [2.45, 2.75) is 25.7 Å². The number of ether oxygens (including phenoxy) is 2. The predicted octanol–water partition coefficient (Wildman–Crippen LogP) is 2.70. The first kappa shape index (κ1) is 13.9. The quantitative estimate of drug-likeness (QED) is 0.784. The zero-order valence-electron chi connectivity index (χ0n) is 12.0. The van der Waals surface area contributed by atoms with Crippen LogP contribution in [0.2, 0.25) is 0 Å². The van der Waals surface area contributed by atoms with E-state index in [1.807, 2.05) is 6.92 Å². The van der Waals surface area contributed by atoms with Crippen LogP contribution in [-0.2, 0) is 9.47 Å². The summed E-state index contributed by atoms with van der Waals surface area (Å²) in [6.45, 7) is 5.71. The lowest BCUT2D eigenvalue weighted by atomic mass is 9.79. The molecule has 0 saturated heterocycles. The van der Waals surface area contributed by atoms with Crippen LogP contribution in [0.4, 0.5) is 0 Å². The van der Waals surface area contributed by atoms with E-state index in [1.54, 1.807) is 24.3 Å². The number of rotatable bonds is 2. The van der Waals surface area contributed by atoms with Crippen molar-refractivity contribution in [2.24, 2.45) is 0 Å². The SMILES string of the molecule is C=C(C)C1CC2=C(C(=O)c3ccccc3C2=O)C(OC)O1. The van der Waals surface area contributed by atoms with E-state index in [0.29, 0.717) is 28.7 Å². The third kappa shape index (κ3) is 2.07. The molecule has 2 aliphatic rings. The Labute approximate surface area is 123 Å². The number of benzene rings is 1. The summed E-state index contributed by atoms with van der Waals surface area (Å²) in [7, 11) is 1.47. The molecular weight excluding hydrogens is 268 g/mol. The van der Waals surface area contributed by atoms with Gasteiger partial charge in [0.05, 0.1) is 11.7 Å². The van der Waals surface area contributed by atoms with Crippen LogP contribution in [0.3, 0.4) is 0 Å². The molecule has 1 heterocycles. The van der Waals surface area contributed by atoms with Gasteiger partial charge in [0, 0.05) is 30.2 Å².